The van der Waals surface area contributed by atoms with Crippen LogP contribution in [0, 0.1) is 0 Å². The molecule has 0 aliphatic carbocycles. The van der Waals surface area contributed by atoms with Crippen molar-refractivity contribution in [3.05, 3.63) is 71.9 Å². The highest BCUT2D eigenvalue weighted by Gasteiger charge is 2.33. The standard InChI is InChI=1S/C16H15NO2/c18-14-5-1-12(2-6-14)16(9-10-17-11-16)13-3-7-15(19)8-4-13/h1-10,17-19H,11H2. The molecule has 0 aromatic heterocycles. The molecule has 0 unspecified atom stereocenters. The molecule has 0 saturated heterocycles. The Hall–Kier alpha value is -2.42. The van der Waals surface area contributed by atoms with Crippen LogP contribution >= 0.6 is 0 Å². The maximum absolute atomic E-state index is 9.42. The van der Waals surface area contributed by atoms with E-state index in [2.05, 4.69) is 11.4 Å². The molecule has 0 fully saturated rings. The SMILES string of the molecule is Oc1ccc(C2(c3ccc(O)cc3)C=CNC2)cc1. The number of hydrogen-bond acceptors (Lipinski definition) is 3. The van der Waals surface area contributed by atoms with Gasteiger partial charge in [-0.2, -0.15) is 0 Å². The van der Waals surface area contributed by atoms with E-state index in [0.717, 1.165) is 17.7 Å². The van der Waals surface area contributed by atoms with Gasteiger partial charge in [-0.25, -0.2) is 0 Å². The van der Waals surface area contributed by atoms with Crippen LogP contribution in [0.1, 0.15) is 11.1 Å². The first-order valence-corrected chi connectivity index (χ1v) is 6.21. The summed E-state index contributed by atoms with van der Waals surface area (Å²) in [4.78, 5) is 0. The first-order chi connectivity index (χ1) is 9.21. The summed E-state index contributed by atoms with van der Waals surface area (Å²) in [5.74, 6) is 0.527. The van der Waals surface area contributed by atoms with Crippen LogP contribution in [0.5, 0.6) is 11.5 Å². The second-order valence-corrected chi connectivity index (χ2v) is 4.78. The molecule has 3 nitrogen and oxygen atoms in total. The van der Waals surface area contributed by atoms with Crippen LogP contribution in [0.3, 0.4) is 0 Å². The summed E-state index contributed by atoms with van der Waals surface area (Å²) in [5, 5.41) is 22.1. The van der Waals surface area contributed by atoms with Crippen molar-refractivity contribution in [1.29, 1.82) is 0 Å². The lowest BCUT2D eigenvalue weighted by Gasteiger charge is -2.28. The van der Waals surface area contributed by atoms with Crippen LogP contribution in [-0.2, 0) is 5.41 Å². The molecular weight excluding hydrogens is 238 g/mol. The van der Waals surface area contributed by atoms with Crippen molar-refractivity contribution >= 4 is 0 Å². The third-order valence-corrected chi connectivity index (χ3v) is 3.63. The molecule has 0 spiro atoms. The van der Waals surface area contributed by atoms with E-state index in [1.54, 1.807) is 24.3 Å². The Morgan fingerprint density at radius 2 is 1.26 bits per heavy atom. The molecule has 3 rings (SSSR count). The molecule has 0 radical (unpaired) electrons. The van der Waals surface area contributed by atoms with Crippen molar-refractivity contribution in [2.45, 2.75) is 5.41 Å². The molecule has 0 bridgehead atoms. The molecule has 2 aromatic carbocycles. The van der Waals surface area contributed by atoms with E-state index in [9.17, 15) is 10.2 Å². The molecule has 96 valence electrons. The summed E-state index contributed by atoms with van der Waals surface area (Å²) in [6, 6.07) is 14.5. The van der Waals surface area contributed by atoms with Crippen LogP contribution in [0.25, 0.3) is 0 Å². The fourth-order valence-corrected chi connectivity index (χ4v) is 2.56. The van der Waals surface area contributed by atoms with Crippen LogP contribution in [-0.4, -0.2) is 16.8 Å². The highest BCUT2D eigenvalue weighted by molar-refractivity contribution is 5.49. The first kappa shape index (κ1) is 11.7. The van der Waals surface area contributed by atoms with Crippen LogP contribution in [0.2, 0.25) is 0 Å². The summed E-state index contributed by atoms with van der Waals surface area (Å²) in [6.07, 6.45) is 4.06. The molecule has 1 heterocycles. The molecule has 0 saturated carbocycles. The van der Waals surface area contributed by atoms with Gasteiger partial charge in [-0.3, -0.25) is 0 Å². The molecule has 0 amide bonds. The van der Waals surface area contributed by atoms with Gasteiger partial charge < -0.3 is 15.5 Å². The quantitative estimate of drug-likeness (QED) is 0.770. The third-order valence-electron chi connectivity index (χ3n) is 3.63. The van der Waals surface area contributed by atoms with Gasteiger partial charge in [0.05, 0.1) is 5.41 Å². The Kier molecular flexibility index (Phi) is 2.67. The zero-order chi connectivity index (χ0) is 13.3. The second kappa shape index (κ2) is 4.35. The Labute approximate surface area is 111 Å². The van der Waals surface area contributed by atoms with Crippen molar-refractivity contribution in [2.75, 3.05) is 6.54 Å². The predicted molar refractivity (Wildman–Crippen MR) is 74.1 cm³/mol. The number of phenols is 2. The topological polar surface area (TPSA) is 52.5 Å². The number of nitrogens with one attached hydrogen (secondary N) is 1. The molecule has 19 heavy (non-hydrogen) atoms. The normalized spacial score (nSPS) is 16.2. The van der Waals surface area contributed by atoms with E-state index in [1.807, 2.05) is 30.5 Å². The summed E-state index contributed by atoms with van der Waals surface area (Å²) in [5.41, 5.74) is 1.97. The van der Waals surface area contributed by atoms with Crippen molar-refractivity contribution < 1.29 is 10.2 Å². The first-order valence-electron chi connectivity index (χ1n) is 6.21. The van der Waals surface area contributed by atoms with E-state index >= 15 is 0 Å². The fourth-order valence-electron chi connectivity index (χ4n) is 2.56. The zero-order valence-corrected chi connectivity index (χ0v) is 10.4. The van der Waals surface area contributed by atoms with Gasteiger partial charge in [0.15, 0.2) is 0 Å². The van der Waals surface area contributed by atoms with E-state index in [-0.39, 0.29) is 16.9 Å². The minimum Gasteiger partial charge on any atom is -0.508 e. The van der Waals surface area contributed by atoms with Crippen molar-refractivity contribution in [3.63, 3.8) is 0 Å². The Balaban J connectivity index is 2.11. The van der Waals surface area contributed by atoms with Gasteiger partial charge in [0.1, 0.15) is 11.5 Å². The maximum Gasteiger partial charge on any atom is 0.115 e. The van der Waals surface area contributed by atoms with E-state index in [0.29, 0.717) is 0 Å². The van der Waals surface area contributed by atoms with Gasteiger partial charge >= 0.3 is 0 Å². The number of phenolic OH excluding ortho intramolecular Hbond substituents is 2. The van der Waals surface area contributed by atoms with Crippen molar-refractivity contribution in [3.8, 4) is 11.5 Å². The minimum absolute atomic E-state index is 0.249. The summed E-state index contributed by atoms with van der Waals surface area (Å²) in [6.45, 7) is 0.766. The largest absolute Gasteiger partial charge is 0.508 e. The molecule has 3 N–H and O–H groups in total. The molecule has 1 aliphatic heterocycles. The van der Waals surface area contributed by atoms with Gasteiger partial charge in [0.2, 0.25) is 0 Å². The fraction of sp³-hybridized carbons (Fsp3) is 0.125. The summed E-state index contributed by atoms with van der Waals surface area (Å²) in [7, 11) is 0. The lowest BCUT2D eigenvalue weighted by molar-refractivity contribution is 0.474. The van der Waals surface area contributed by atoms with E-state index in [4.69, 9.17) is 0 Å². The highest BCUT2D eigenvalue weighted by atomic mass is 16.3. The lowest BCUT2D eigenvalue weighted by Crippen LogP contribution is -2.30. The van der Waals surface area contributed by atoms with E-state index < -0.39 is 0 Å². The Bertz CT molecular complexity index is 554. The van der Waals surface area contributed by atoms with Gasteiger partial charge in [-0.1, -0.05) is 30.3 Å². The number of aromatic hydroxyl groups is 2. The van der Waals surface area contributed by atoms with Crippen LogP contribution < -0.4 is 5.32 Å². The average Bonchev–Trinajstić information content (AvgIpc) is 2.91. The number of rotatable bonds is 2. The molecule has 0 atom stereocenters. The summed E-state index contributed by atoms with van der Waals surface area (Å²) < 4.78 is 0. The molecular formula is C16H15NO2. The monoisotopic (exact) mass is 253 g/mol. The maximum atomic E-state index is 9.42. The van der Waals surface area contributed by atoms with Gasteiger partial charge in [0, 0.05) is 6.54 Å². The second-order valence-electron chi connectivity index (χ2n) is 4.78. The van der Waals surface area contributed by atoms with Crippen molar-refractivity contribution in [2.24, 2.45) is 0 Å². The number of hydrogen-bond donors (Lipinski definition) is 3. The summed E-state index contributed by atoms with van der Waals surface area (Å²) >= 11 is 0. The Morgan fingerprint density at radius 3 is 1.63 bits per heavy atom. The molecule has 2 aromatic rings. The predicted octanol–water partition coefficient (Wildman–Crippen LogP) is 2.50. The number of benzene rings is 2. The average molecular weight is 253 g/mol. The lowest BCUT2D eigenvalue weighted by atomic mass is 9.75. The van der Waals surface area contributed by atoms with Gasteiger partial charge in [-0.05, 0) is 41.6 Å². The zero-order valence-electron chi connectivity index (χ0n) is 10.4. The molecule has 1 aliphatic rings. The van der Waals surface area contributed by atoms with Crippen LogP contribution in [0.15, 0.2) is 60.8 Å². The highest BCUT2D eigenvalue weighted by Crippen LogP contribution is 2.36. The third kappa shape index (κ3) is 1.93. The van der Waals surface area contributed by atoms with Gasteiger partial charge in [0.25, 0.3) is 0 Å². The van der Waals surface area contributed by atoms with Gasteiger partial charge in [-0.15, -0.1) is 0 Å². The van der Waals surface area contributed by atoms with Crippen LogP contribution in [0.4, 0.5) is 0 Å². The minimum atomic E-state index is -0.249. The smallest absolute Gasteiger partial charge is 0.115 e. The van der Waals surface area contributed by atoms with Crippen molar-refractivity contribution in [1.82, 2.24) is 5.32 Å². The van der Waals surface area contributed by atoms with E-state index in [1.165, 1.54) is 0 Å². The Morgan fingerprint density at radius 1 is 0.789 bits per heavy atom. The molecule has 3 heteroatoms.